The van der Waals surface area contributed by atoms with Gasteiger partial charge in [0.15, 0.2) is 5.13 Å². The Labute approximate surface area is 121 Å². The summed E-state index contributed by atoms with van der Waals surface area (Å²) in [6, 6.07) is -1.36. The summed E-state index contributed by atoms with van der Waals surface area (Å²) in [5.41, 5.74) is 1.07. The highest BCUT2D eigenvalue weighted by atomic mass is 32.1. The molecule has 0 aromatic carbocycles. The molecule has 1 aliphatic rings. The second-order valence-corrected chi connectivity index (χ2v) is 5.96. The molecule has 7 heteroatoms. The molecule has 6 nitrogen and oxygen atoms in total. The van der Waals surface area contributed by atoms with Crippen molar-refractivity contribution in [2.75, 3.05) is 5.32 Å². The topological polar surface area (TPSA) is 91.3 Å². The van der Waals surface area contributed by atoms with Gasteiger partial charge in [-0.2, -0.15) is 0 Å². The van der Waals surface area contributed by atoms with Gasteiger partial charge in [-0.25, -0.2) is 14.6 Å². The van der Waals surface area contributed by atoms with Gasteiger partial charge in [-0.1, -0.05) is 13.3 Å². The summed E-state index contributed by atoms with van der Waals surface area (Å²) in [5, 5.41) is 14.6. The third-order valence-corrected chi connectivity index (χ3v) is 4.32. The molecular weight excluding hydrogens is 278 g/mol. The summed E-state index contributed by atoms with van der Waals surface area (Å²) in [5.74, 6) is -1.01. The maximum absolute atomic E-state index is 11.8. The van der Waals surface area contributed by atoms with Crippen molar-refractivity contribution >= 4 is 28.5 Å². The second-order valence-electron chi connectivity index (χ2n) is 4.87. The summed E-state index contributed by atoms with van der Waals surface area (Å²) in [6.45, 7) is 1.88. The zero-order valence-electron chi connectivity index (χ0n) is 11.4. The number of hydrogen-bond acceptors (Lipinski definition) is 4. The first-order chi connectivity index (χ1) is 9.60. The van der Waals surface area contributed by atoms with E-state index in [4.69, 9.17) is 5.11 Å². The molecule has 20 heavy (non-hydrogen) atoms. The van der Waals surface area contributed by atoms with Crippen LogP contribution in [0.25, 0.3) is 0 Å². The van der Waals surface area contributed by atoms with Crippen LogP contribution < -0.4 is 10.6 Å². The Balaban J connectivity index is 1.93. The minimum atomic E-state index is -1.01. The molecule has 0 unspecified atom stereocenters. The lowest BCUT2D eigenvalue weighted by molar-refractivity contribution is -0.139. The number of aryl methyl sites for hydroxylation is 2. The molecule has 0 spiro atoms. The number of hydrogen-bond donors (Lipinski definition) is 3. The Morgan fingerprint density at radius 1 is 1.40 bits per heavy atom. The number of carbonyl (C=O) groups excluding carboxylic acids is 1. The molecule has 1 aliphatic carbocycles. The Bertz CT molecular complexity index is 478. The van der Waals surface area contributed by atoms with Gasteiger partial charge in [0.05, 0.1) is 5.69 Å². The van der Waals surface area contributed by atoms with Gasteiger partial charge in [-0.15, -0.1) is 11.3 Å². The van der Waals surface area contributed by atoms with E-state index in [1.54, 1.807) is 0 Å². The molecule has 3 N–H and O–H groups in total. The van der Waals surface area contributed by atoms with E-state index in [1.807, 2.05) is 6.92 Å². The van der Waals surface area contributed by atoms with E-state index in [1.165, 1.54) is 22.6 Å². The Hall–Kier alpha value is -1.63. The zero-order chi connectivity index (χ0) is 14.5. The van der Waals surface area contributed by atoms with Crippen LogP contribution in [0.5, 0.6) is 0 Å². The lowest BCUT2D eigenvalue weighted by Gasteiger charge is -2.13. The van der Waals surface area contributed by atoms with Crippen LogP contribution in [0.15, 0.2) is 0 Å². The first-order valence-electron chi connectivity index (χ1n) is 6.89. The van der Waals surface area contributed by atoms with E-state index in [0.717, 1.165) is 25.0 Å². The van der Waals surface area contributed by atoms with Crippen LogP contribution in [0.3, 0.4) is 0 Å². The highest BCUT2D eigenvalue weighted by Gasteiger charge is 2.20. The van der Waals surface area contributed by atoms with E-state index in [0.29, 0.717) is 18.0 Å². The van der Waals surface area contributed by atoms with E-state index in [9.17, 15) is 9.59 Å². The van der Waals surface area contributed by atoms with Crippen LogP contribution in [0, 0.1) is 0 Å². The summed E-state index contributed by atoms with van der Waals surface area (Å²) < 4.78 is 0. The highest BCUT2D eigenvalue weighted by Crippen LogP contribution is 2.29. The number of aliphatic carboxylic acids is 1. The maximum atomic E-state index is 11.8. The number of nitrogens with one attached hydrogen (secondary N) is 2. The summed E-state index contributed by atoms with van der Waals surface area (Å²) >= 11 is 1.48. The SMILES string of the molecule is CCC[C@@H](NC(=O)Nc1nc2c(s1)CCCC2)C(=O)O. The molecule has 0 saturated carbocycles. The number of carboxylic acid groups (broad SMARTS) is 1. The van der Waals surface area contributed by atoms with Gasteiger partial charge >= 0.3 is 12.0 Å². The highest BCUT2D eigenvalue weighted by molar-refractivity contribution is 7.15. The van der Waals surface area contributed by atoms with Gasteiger partial charge < -0.3 is 10.4 Å². The van der Waals surface area contributed by atoms with Crippen molar-refractivity contribution in [1.82, 2.24) is 10.3 Å². The molecular formula is C13H19N3O3S. The van der Waals surface area contributed by atoms with Crippen molar-refractivity contribution < 1.29 is 14.7 Å². The molecule has 1 heterocycles. The van der Waals surface area contributed by atoms with Crippen LogP contribution in [0.4, 0.5) is 9.93 Å². The lowest BCUT2D eigenvalue weighted by atomic mass is 10.0. The lowest BCUT2D eigenvalue weighted by Crippen LogP contribution is -2.42. The number of urea groups is 1. The molecule has 1 aromatic heterocycles. The van der Waals surface area contributed by atoms with Crippen LogP contribution >= 0.6 is 11.3 Å². The first-order valence-corrected chi connectivity index (χ1v) is 7.70. The number of aromatic nitrogens is 1. The fourth-order valence-electron chi connectivity index (χ4n) is 2.24. The fourth-order valence-corrected chi connectivity index (χ4v) is 3.29. The monoisotopic (exact) mass is 297 g/mol. The molecule has 0 saturated heterocycles. The number of carboxylic acids is 1. The molecule has 0 bridgehead atoms. The number of fused-ring (bicyclic) bond motifs is 1. The molecule has 2 amide bonds. The Kier molecular flexibility index (Phi) is 4.94. The molecule has 0 radical (unpaired) electrons. The van der Waals surface area contributed by atoms with Gasteiger partial charge in [0.1, 0.15) is 6.04 Å². The van der Waals surface area contributed by atoms with Crippen LogP contribution in [-0.2, 0) is 17.6 Å². The average Bonchev–Trinajstić information content (AvgIpc) is 2.79. The maximum Gasteiger partial charge on any atom is 0.326 e. The molecule has 2 rings (SSSR count). The predicted octanol–water partition coefficient (Wildman–Crippen LogP) is 2.40. The number of nitrogens with zero attached hydrogens (tertiary/aromatic N) is 1. The third-order valence-electron chi connectivity index (χ3n) is 3.25. The van der Waals surface area contributed by atoms with Crippen molar-refractivity contribution in [3.63, 3.8) is 0 Å². The smallest absolute Gasteiger partial charge is 0.326 e. The predicted molar refractivity (Wildman–Crippen MR) is 77.2 cm³/mol. The first kappa shape index (κ1) is 14.8. The Morgan fingerprint density at radius 3 is 2.80 bits per heavy atom. The van der Waals surface area contributed by atoms with Gasteiger partial charge in [0, 0.05) is 4.88 Å². The number of rotatable bonds is 5. The minimum absolute atomic E-state index is 0.414. The van der Waals surface area contributed by atoms with Gasteiger partial charge in [-0.3, -0.25) is 5.32 Å². The third kappa shape index (κ3) is 3.69. The van der Waals surface area contributed by atoms with Crippen LogP contribution in [0.2, 0.25) is 0 Å². The van der Waals surface area contributed by atoms with Crippen LogP contribution in [-0.4, -0.2) is 28.1 Å². The van der Waals surface area contributed by atoms with Crippen molar-refractivity contribution in [1.29, 1.82) is 0 Å². The number of anilines is 1. The van der Waals surface area contributed by atoms with Crippen molar-refractivity contribution in [3.05, 3.63) is 10.6 Å². The van der Waals surface area contributed by atoms with Gasteiger partial charge in [0.2, 0.25) is 0 Å². The Morgan fingerprint density at radius 2 is 2.15 bits per heavy atom. The molecule has 1 aromatic rings. The second kappa shape index (κ2) is 6.69. The normalized spacial score (nSPS) is 15.2. The number of thiazole rings is 1. The van der Waals surface area contributed by atoms with E-state index in [-0.39, 0.29) is 0 Å². The number of carbonyl (C=O) groups is 2. The van der Waals surface area contributed by atoms with Crippen molar-refractivity contribution in [3.8, 4) is 0 Å². The summed E-state index contributed by atoms with van der Waals surface area (Å²) in [6.07, 6.45) is 5.39. The van der Waals surface area contributed by atoms with Crippen molar-refractivity contribution in [2.45, 2.75) is 51.5 Å². The molecule has 0 fully saturated rings. The summed E-state index contributed by atoms with van der Waals surface area (Å²) in [4.78, 5) is 28.4. The fraction of sp³-hybridized carbons (Fsp3) is 0.615. The van der Waals surface area contributed by atoms with E-state index >= 15 is 0 Å². The van der Waals surface area contributed by atoms with Crippen molar-refractivity contribution in [2.24, 2.45) is 0 Å². The zero-order valence-corrected chi connectivity index (χ0v) is 12.3. The molecule has 0 aliphatic heterocycles. The van der Waals surface area contributed by atoms with Crippen LogP contribution in [0.1, 0.15) is 43.2 Å². The largest absolute Gasteiger partial charge is 0.480 e. The minimum Gasteiger partial charge on any atom is -0.480 e. The van der Waals surface area contributed by atoms with E-state index < -0.39 is 18.0 Å². The molecule has 1 atom stereocenters. The van der Waals surface area contributed by atoms with E-state index in [2.05, 4.69) is 15.6 Å². The standard InChI is InChI=1S/C13H19N3O3S/c1-2-5-9(11(17)18)14-12(19)16-13-15-8-6-3-4-7-10(8)20-13/h9H,2-7H2,1H3,(H,17,18)(H2,14,15,16,19)/t9-/m1/s1. The quantitative estimate of drug-likeness (QED) is 0.778. The summed E-state index contributed by atoms with van der Waals surface area (Å²) in [7, 11) is 0. The van der Waals surface area contributed by atoms with Gasteiger partial charge in [0.25, 0.3) is 0 Å². The number of amides is 2. The molecule has 110 valence electrons. The van der Waals surface area contributed by atoms with Gasteiger partial charge in [-0.05, 0) is 32.1 Å². The average molecular weight is 297 g/mol.